The van der Waals surface area contributed by atoms with Crippen LogP contribution in [0.15, 0.2) is 0 Å². The first-order valence-electron chi connectivity index (χ1n) is 4.55. The Balaban J connectivity index is 2.70. The molecule has 1 rings (SSSR count). The molecule has 5 atom stereocenters. The highest BCUT2D eigenvalue weighted by molar-refractivity contribution is 5.73. The predicted molar refractivity (Wildman–Crippen MR) is 47.6 cm³/mol. The second-order valence-corrected chi connectivity index (χ2v) is 3.46. The lowest BCUT2D eigenvalue weighted by molar-refractivity contribution is -0.253. The quantitative estimate of drug-likeness (QED) is 0.337. The minimum Gasteiger partial charge on any atom is -0.394 e. The normalized spacial score (nSPS) is 41.3. The summed E-state index contributed by atoms with van der Waals surface area (Å²) < 4.78 is 4.81. The summed E-state index contributed by atoms with van der Waals surface area (Å²) >= 11 is 0. The molecular weight excluding hydrogens is 206 g/mol. The van der Waals surface area contributed by atoms with E-state index in [0.29, 0.717) is 0 Å². The summed E-state index contributed by atoms with van der Waals surface area (Å²) in [6, 6.07) is -1.10. The summed E-state index contributed by atoms with van der Waals surface area (Å²) in [7, 11) is 0. The monoisotopic (exact) mass is 221 g/mol. The number of nitrogens with one attached hydrogen (secondary N) is 1. The molecule has 1 aliphatic heterocycles. The second kappa shape index (κ2) is 4.86. The van der Waals surface area contributed by atoms with Gasteiger partial charge in [0.05, 0.1) is 6.61 Å². The molecule has 0 bridgehead atoms. The molecule has 0 radical (unpaired) electrons. The molecule has 0 aromatic rings. The van der Waals surface area contributed by atoms with Crippen molar-refractivity contribution >= 4 is 5.91 Å². The Morgan fingerprint density at radius 1 is 1.33 bits per heavy atom. The minimum absolute atomic E-state index is 0.462. The third-order valence-electron chi connectivity index (χ3n) is 2.27. The summed E-state index contributed by atoms with van der Waals surface area (Å²) in [6.07, 6.45) is -5.24. The van der Waals surface area contributed by atoms with Crippen molar-refractivity contribution in [2.75, 3.05) is 6.61 Å². The molecule has 15 heavy (non-hydrogen) atoms. The molecule has 1 aliphatic rings. The van der Waals surface area contributed by atoms with Crippen LogP contribution in [0.2, 0.25) is 0 Å². The van der Waals surface area contributed by atoms with Gasteiger partial charge in [-0.05, 0) is 0 Å². The molecule has 0 spiro atoms. The van der Waals surface area contributed by atoms with Gasteiger partial charge < -0.3 is 30.5 Å². The fraction of sp³-hybridized carbons (Fsp3) is 0.875. The van der Waals surface area contributed by atoms with Crippen LogP contribution in [0.5, 0.6) is 0 Å². The van der Waals surface area contributed by atoms with Crippen LogP contribution < -0.4 is 5.32 Å². The van der Waals surface area contributed by atoms with Crippen LogP contribution in [-0.2, 0) is 9.53 Å². The first kappa shape index (κ1) is 12.3. The van der Waals surface area contributed by atoms with E-state index in [0.717, 1.165) is 0 Å². The van der Waals surface area contributed by atoms with E-state index in [1.165, 1.54) is 6.92 Å². The van der Waals surface area contributed by atoms with Crippen molar-refractivity contribution in [3.05, 3.63) is 0 Å². The van der Waals surface area contributed by atoms with Crippen LogP contribution in [0.25, 0.3) is 0 Å². The van der Waals surface area contributed by atoms with E-state index in [-0.39, 0.29) is 0 Å². The molecule has 3 unspecified atom stereocenters. The molecular formula is C8H15NO6. The van der Waals surface area contributed by atoms with Gasteiger partial charge in [-0.2, -0.15) is 0 Å². The number of aliphatic hydroxyl groups is 4. The van der Waals surface area contributed by atoms with Gasteiger partial charge in [-0.3, -0.25) is 4.79 Å². The number of carbonyl (C=O) groups is 1. The largest absolute Gasteiger partial charge is 0.394 e. The molecule has 5 N–H and O–H groups in total. The fourth-order valence-electron chi connectivity index (χ4n) is 1.49. The molecule has 0 aliphatic carbocycles. The third kappa shape index (κ3) is 2.64. The molecule has 7 nitrogen and oxygen atoms in total. The van der Waals surface area contributed by atoms with Crippen molar-refractivity contribution in [2.24, 2.45) is 0 Å². The van der Waals surface area contributed by atoms with Crippen LogP contribution in [0, 0.1) is 0 Å². The molecule has 0 aromatic carbocycles. The zero-order chi connectivity index (χ0) is 11.6. The summed E-state index contributed by atoms with van der Waals surface area (Å²) in [4.78, 5) is 10.7. The maximum absolute atomic E-state index is 10.7. The van der Waals surface area contributed by atoms with Crippen LogP contribution in [0.3, 0.4) is 0 Å². The lowest BCUT2D eigenvalue weighted by Crippen LogP contribution is -2.63. The Morgan fingerprint density at radius 2 is 1.93 bits per heavy atom. The lowest BCUT2D eigenvalue weighted by atomic mass is 9.97. The van der Waals surface area contributed by atoms with Gasteiger partial charge in [0.2, 0.25) is 5.91 Å². The van der Waals surface area contributed by atoms with Gasteiger partial charge in [-0.25, -0.2) is 0 Å². The van der Waals surface area contributed by atoms with Crippen LogP contribution in [0.4, 0.5) is 0 Å². The highest BCUT2D eigenvalue weighted by Gasteiger charge is 2.43. The Labute approximate surface area is 86.3 Å². The molecule has 1 amide bonds. The van der Waals surface area contributed by atoms with Gasteiger partial charge in [-0.15, -0.1) is 0 Å². The van der Waals surface area contributed by atoms with Crippen molar-refractivity contribution in [3.63, 3.8) is 0 Å². The summed E-state index contributed by atoms with van der Waals surface area (Å²) in [5.74, 6) is -0.462. The van der Waals surface area contributed by atoms with Gasteiger partial charge in [0.15, 0.2) is 6.29 Å². The van der Waals surface area contributed by atoms with Gasteiger partial charge in [0.25, 0.3) is 0 Å². The number of amides is 1. The molecule has 0 saturated carbocycles. The number of hydrogen-bond donors (Lipinski definition) is 5. The van der Waals surface area contributed by atoms with E-state index in [9.17, 15) is 20.1 Å². The third-order valence-corrected chi connectivity index (χ3v) is 2.27. The van der Waals surface area contributed by atoms with Crippen molar-refractivity contribution in [1.29, 1.82) is 0 Å². The summed E-state index contributed by atoms with van der Waals surface area (Å²) in [5.41, 5.74) is 0. The first-order valence-corrected chi connectivity index (χ1v) is 4.55. The van der Waals surface area contributed by atoms with Crippen molar-refractivity contribution < 1.29 is 30.0 Å². The van der Waals surface area contributed by atoms with E-state index in [1.807, 2.05) is 0 Å². The van der Waals surface area contributed by atoms with E-state index in [1.54, 1.807) is 0 Å². The zero-order valence-corrected chi connectivity index (χ0v) is 8.20. The smallest absolute Gasteiger partial charge is 0.217 e. The van der Waals surface area contributed by atoms with Crippen molar-refractivity contribution in [2.45, 2.75) is 37.6 Å². The number of rotatable bonds is 2. The van der Waals surface area contributed by atoms with E-state index in [4.69, 9.17) is 9.84 Å². The van der Waals surface area contributed by atoms with Crippen LogP contribution in [-0.4, -0.2) is 63.6 Å². The lowest BCUT2D eigenvalue weighted by Gasteiger charge is -2.40. The average molecular weight is 221 g/mol. The molecule has 88 valence electrons. The van der Waals surface area contributed by atoms with Gasteiger partial charge >= 0.3 is 0 Å². The molecule has 7 heteroatoms. The topological polar surface area (TPSA) is 119 Å². The Bertz CT molecular complexity index is 235. The van der Waals surface area contributed by atoms with Crippen molar-refractivity contribution in [1.82, 2.24) is 5.32 Å². The predicted octanol–water partition coefficient (Wildman–Crippen LogP) is -3.08. The van der Waals surface area contributed by atoms with Crippen molar-refractivity contribution in [3.8, 4) is 0 Å². The highest BCUT2D eigenvalue weighted by atomic mass is 16.6. The summed E-state index contributed by atoms with van der Waals surface area (Å²) in [6.45, 7) is 0.687. The number of ether oxygens (including phenoxy) is 1. The highest BCUT2D eigenvalue weighted by Crippen LogP contribution is 2.19. The molecule has 1 fully saturated rings. The number of aliphatic hydroxyl groups excluding tert-OH is 4. The van der Waals surface area contributed by atoms with Crippen LogP contribution >= 0.6 is 0 Å². The standard InChI is InChI=1S/C8H15NO6/c1-3(11)9-5-7(13)6(12)4(2-10)15-8(5)14/h4-8,10,12-14H,2H2,1H3,(H,9,11)/t4?,5?,6-,7?,8-/m1/s1. The molecule has 1 saturated heterocycles. The second-order valence-electron chi connectivity index (χ2n) is 3.46. The number of carbonyl (C=O) groups excluding carboxylic acids is 1. The fourth-order valence-corrected chi connectivity index (χ4v) is 1.49. The van der Waals surface area contributed by atoms with Gasteiger partial charge in [0.1, 0.15) is 24.4 Å². The Kier molecular flexibility index (Phi) is 4.00. The number of hydrogen-bond acceptors (Lipinski definition) is 6. The van der Waals surface area contributed by atoms with E-state index < -0.39 is 43.2 Å². The Hall–Kier alpha value is -0.730. The Morgan fingerprint density at radius 3 is 2.40 bits per heavy atom. The zero-order valence-electron chi connectivity index (χ0n) is 8.20. The maximum Gasteiger partial charge on any atom is 0.217 e. The first-order chi connectivity index (χ1) is 6.97. The van der Waals surface area contributed by atoms with Gasteiger partial charge in [-0.1, -0.05) is 0 Å². The van der Waals surface area contributed by atoms with E-state index >= 15 is 0 Å². The van der Waals surface area contributed by atoms with E-state index in [2.05, 4.69) is 5.32 Å². The van der Waals surface area contributed by atoms with Crippen LogP contribution in [0.1, 0.15) is 6.92 Å². The van der Waals surface area contributed by atoms with Gasteiger partial charge in [0, 0.05) is 6.92 Å². The average Bonchev–Trinajstić information content (AvgIpc) is 2.18. The molecule has 0 aromatic heterocycles. The SMILES string of the molecule is CC(=O)NC1C(O)[C@H](O)C(CO)O[C@H]1O. The molecule has 1 heterocycles. The maximum atomic E-state index is 10.7. The minimum atomic E-state index is -1.45. The summed E-state index contributed by atoms with van der Waals surface area (Å²) in [5, 5.41) is 39.4.